The van der Waals surface area contributed by atoms with E-state index in [2.05, 4.69) is 5.32 Å². The molecule has 0 aliphatic carbocycles. The summed E-state index contributed by atoms with van der Waals surface area (Å²) < 4.78 is 0. The summed E-state index contributed by atoms with van der Waals surface area (Å²) in [7, 11) is 0. The molecule has 12 nitrogen and oxygen atoms in total. The molecule has 148 valence electrons. The van der Waals surface area contributed by atoms with Crippen molar-refractivity contribution >= 4 is 29.7 Å². The molecule has 0 aromatic rings. The third-order valence-electron chi connectivity index (χ3n) is 3.34. The fourth-order valence-corrected chi connectivity index (χ4v) is 1.98. The first-order valence-corrected chi connectivity index (χ1v) is 7.87. The molecule has 3 atom stereocenters. The molecule has 12 heteroatoms. The summed E-state index contributed by atoms with van der Waals surface area (Å²) in [6.45, 7) is 0.425. The van der Waals surface area contributed by atoms with Gasteiger partial charge >= 0.3 is 11.9 Å². The Labute approximate surface area is 149 Å². The van der Waals surface area contributed by atoms with E-state index in [0.717, 1.165) is 0 Å². The number of carbonyl (C=O) groups is 5. The maximum Gasteiger partial charge on any atom is 0.326 e. The first-order valence-electron chi connectivity index (χ1n) is 7.87. The van der Waals surface area contributed by atoms with Gasteiger partial charge in [0.25, 0.3) is 0 Å². The van der Waals surface area contributed by atoms with Gasteiger partial charge in [-0.15, -0.1) is 0 Å². The standard InChI is InChI=1S/C14H25N5O7/c15-4-2-1-3-7(16)12(23)18-8(6-11(21)22)13(24)19-9(14(25)26)5-10(17)20/h7-9H,1-6,15-16H2,(H2,17,20)(H,18,23)(H,19,24)(H,21,22)(H,25,26). The molecule has 0 aliphatic rings. The Morgan fingerprint density at radius 3 is 1.92 bits per heavy atom. The SMILES string of the molecule is NCCCCC(N)C(=O)NC(CC(=O)O)C(=O)NC(CC(N)=O)C(=O)O. The lowest BCUT2D eigenvalue weighted by atomic mass is 10.1. The third-order valence-corrected chi connectivity index (χ3v) is 3.34. The number of amides is 3. The fraction of sp³-hybridized carbons (Fsp3) is 0.643. The number of unbranched alkanes of at least 4 members (excludes halogenated alkanes) is 1. The van der Waals surface area contributed by atoms with Gasteiger partial charge in [0.05, 0.1) is 18.9 Å². The summed E-state index contributed by atoms with van der Waals surface area (Å²) in [5.41, 5.74) is 15.9. The zero-order valence-corrected chi connectivity index (χ0v) is 14.1. The van der Waals surface area contributed by atoms with E-state index < -0.39 is 60.6 Å². The van der Waals surface area contributed by atoms with Gasteiger partial charge in [-0.05, 0) is 19.4 Å². The monoisotopic (exact) mass is 375 g/mol. The Kier molecular flexibility index (Phi) is 10.5. The van der Waals surface area contributed by atoms with Gasteiger partial charge in [-0.25, -0.2) is 4.79 Å². The lowest BCUT2D eigenvalue weighted by Gasteiger charge is -2.21. The van der Waals surface area contributed by atoms with Gasteiger partial charge < -0.3 is 38.0 Å². The Morgan fingerprint density at radius 2 is 1.46 bits per heavy atom. The van der Waals surface area contributed by atoms with E-state index in [-0.39, 0.29) is 6.42 Å². The lowest BCUT2D eigenvalue weighted by molar-refractivity contribution is -0.144. The summed E-state index contributed by atoms with van der Waals surface area (Å²) >= 11 is 0. The van der Waals surface area contributed by atoms with Crippen molar-refractivity contribution in [1.82, 2.24) is 10.6 Å². The van der Waals surface area contributed by atoms with Gasteiger partial charge in [-0.1, -0.05) is 6.42 Å². The molecule has 0 radical (unpaired) electrons. The van der Waals surface area contributed by atoms with E-state index in [0.29, 0.717) is 19.4 Å². The maximum atomic E-state index is 12.1. The van der Waals surface area contributed by atoms with Crippen LogP contribution >= 0.6 is 0 Å². The van der Waals surface area contributed by atoms with Crippen LogP contribution in [0.3, 0.4) is 0 Å². The molecule has 0 saturated heterocycles. The van der Waals surface area contributed by atoms with Gasteiger partial charge in [0.1, 0.15) is 12.1 Å². The second-order valence-corrected chi connectivity index (χ2v) is 5.62. The van der Waals surface area contributed by atoms with Crippen LogP contribution in [0, 0.1) is 0 Å². The van der Waals surface area contributed by atoms with Gasteiger partial charge in [-0.2, -0.15) is 0 Å². The normalized spacial score (nSPS) is 13.9. The number of rotatable bonds is 13. The molecule has 0 bridgehead atoms. The van der Waals surface area contributed by atoms with E-state index in [9.17, 15) is 24.0 Å². The number of hydrogen-bond acceptors (Lipinski definition) is 7. The smallest absolute Gasteiger partial charge is 0.326 e. The summed E-state index contributed by atoms with van der Waals surface area (Å²) in [6, 6.07) is -4.19. The number of nitrogens with two attached hydrogens (primary N) is 3. The fourth-order valence-electron chi connectivity index (χ4n) is 1.98. The number of nitrogens with one attached hydrogen (secondary N) is 2. The van der Waals surface area contributed by atoms with Crippen molar-refractivity contribution < 1.29 is 34.2 Å². The van der Waals surface area contributed by atoms with E-state index in [4.69, 9.17) is 27.4 Å². The Hall–Kier alpha value is -2.73. The third kappa shape index (κ3) is 9.54. The van der Waals surface area contributed by atoms with Crippen molar-refractivity contribution in [1.29, 1.82) is 0 Å². The molecule has 3 amide bonds. The molecular formula is C14H25N5O7. The highest BCUT2D eigenvalue weighted by Crippen LogP contribution is 2.02. The van der Waals surface area contributed by atoms with Crippen molar-refractivity contribution in [3.8, 4) is 0 Å². The van der Waals surface area contributed by atoms with Gasteiger partial charge in [0, 0.05) is 0 Å². The van der Waals surface area contributed by atoms with Crippen LogP contribution in [0.1, 0.15) is 32.1 Å². The number of carboxylic acids is 2. The zero-order valence-electron chi connectivity index (χ0n) is 14.1. The summed E-state index contributed by atoms with van der Waals surface area (Å²) in [5.74, 6) is -5.74. The number of primary amides is 1. The van der Waals surface area contributed by atoms with Gasteiger partial charge in [0.15, 0.2) is 0 Å². The van der Waals surface area contributed by atoms with Crippen molar-refractivity contribution in [2.45, 2.75) is 50.2 Å². The quantitative estimate of drug-likeness (QED) is 0.161. The van der Waals surface area contributed by atoms with Crippen molar-refractivity contribution in [3.63, 3.8) is 0 Å². The highest BCUT2D eigenvalue weighted by atomic mass is 16.4. The van der Waals surface area contributed by atoms with Crippen molar-refractivity contribution in [2.24, 2.45) is 17.2 Å². The molecule has 0 aromatic carbocycles. The molecule has 0 aromatic heterocycles. The highest BCUT2D eigenvalue weighted by Gasteiger charge is 2.30. The Bertz CT molecular complexity index is 540. The molecule has 0 aliphatic heterocycles. The van der Waals surface area contributed by atoms with Crippen LogP contribution in [0.5, 0.6) is 0 Å². The summed E-state index contributed by atoms with van der Waals surface area (Å²) in [4.78, 5) is 56.9. The number of carbonyl (C=O) groups excluding carboxylic acids is 3. The average molecular weight is 375 g/mol. The largest absolute Gasteiger partial charge is 0.481 e. The van der Waals surface area contributed by atoms with E-state index >= 15 is 0 Å². The minimum atomic E-state index is -1.65. The van der Waals surface area contributed by atoms with Crippen molar-refractivity contribution in [3.05, 3.63) is 0 Å². The van der Waals surface area contributed by atoms with Crippen LogP contribution < -0.4 is 27.8 Å². The van der Waals surface area contributed by atoms with Crippen LogP contribution in [0.2, 0.25) is 0 Å². The van der Waals surface area contributed by atoms with Crippen molar-refractivity contribution in [2.75, 3.05) is 6.54 Å². The number of carboxylic acid groups (broad SMARTS) is 2. The molecule has 0 rings (SSSR count). The van der Waals surface area contributed by atoms with Crippen LogP contribution in [0.4, 0.5) is 0 Å². The zero-order chi connectivity index (χ0) is 20.3. The van der Waals surface area contributed by atoms with Crippen LogP contribution in [-0.2, 0) is 24.0 Å². The average Bonchev–Trinajstić information content (AvgIpc) is 2.52. The lowest BCUT2D eigenvalue weighted by Crippen LogP contribution is -2.55. The molecule has 26 heavy (non-hydrogen) atoms. The molecular weight excluding hydrogens is 350 g/mol. The molecule has 3 unspecified atom stereocenters. The second-order valence-electron chi connectivity index (χ2n) is 5.62. The highest BCUT2D eigenvalue weighted by molar-refractivity contribution is 5.94. The Morgan fingerprint density at radius 1 is 0.885 bits per heavy atom. The number of hydrogen-bond donors (Lipinski definition) is 7. The van der Waals surface area contributed by atoms with Gasteiger partial charge in [-0.3, -0.25) is 19.2 Å². The Balaban J connectivity index is 4.97. The first kappa shape index (κ1) is 23.3. The minimum absolute atomic E-state index is 0.282. The predicted molar refractivity (Wildman–Crippen MR) is 88.4 cm³/mol. The summed E-state index contributed by atoms with van der Waals surface area (Å²) in [6.07, 6.45) is 0.0152. The minimum Gasteiger partial charge on any atom is -0.481 e. The molecule has 0 saturated carbocycles. The topological polar surface area (TPSA) is 228 Å². The van der Waals surface area contributed by atoms with Crippen LogP contribution in [-0.4, -0.2) is 64.5 Å². The van der Waals surface area contributed by atoms with Crippen LogP contribution in [0.15, 0.2) is 0 Å². The second kappa shape index (κ2) is 11.8. The number of aliphatic carboxylic acids is 2. The van der Waals surface area contributed by atoms with E-state index in [1.54, 1.807) is 0 Å². The van der Waals surface area contributed by atoms with E-state index in [1.165, 1.54) is 0 Å². The first-order chi connectivity index (χ1) is 12.1. The van der Waals surface area contributed by atoms with Gasteiger partial charge in [0.2, 0.25) is 17.7 Å². The molecule has 0 fully saturated rings. The molecule has 0 heterocycles. The predicted octanol–water partition coefficient (Wildman–Crippen LogP) is -3.15. The summed E-state index contributed by atoms with van der Waals surface area (Å²) in [5, 5.41) is 22.0. The molecule has 10 N–H and O–H groups in total. The van der Waals surface area contributed by atoms with E-state index in [1.807, 2.05) is 5.32 Å². The molecule has 0 spiro atoms. The maximum absolute atomic E-state index is 12.1. The van der Waals surface area contributed by atoms with Crippen LogP contribution in [0.25, 0.3) is 0 Å².